The van der Waals surface area contributed by atoms with Gasteiger partial charge in [0.1, 0.15) is 5.69 Å². The van der Waals surface area contributed by atoms with E-state index < -0.39 is 11.6 Å². The van der Waals surface area contributed by atoms with E-state index in [9.17, 15) is 8.78 Å². The van der Waals surface area contributed by atoms with Gasteiger partial charge in [0, 0.05) is 23.4 Å². The quantitative estimate of drug-likeness (QED) is 0.877. The van der Waals surface area contributed by atoms with Gasteiger partial charge < -0.3 is 9.88 Å². The van der Waals surface area contributed by atoms with Crippen LogP contribution in [0.5, 0.6) is 0 Å². The molecule has 0 fully saturated rings. The molecular formula is C13H14BrF2N3. The first-order chi connectivity index (χ1) is 9.11. The van der Waals surface area contributed by atoms with Gasteiger partial charge in [-0.15, -0.1) is 0 Å². The van der Waals surface area contributed by atoms with E-state index in [4.69, 9.17) is 0 Å². The highest BCUT2D eigenvalue weighted by molar-refractivity contribution is 9.10. The topological polar surface area (TPSA) is 29.9 Å². The molecule has 1 heterocycles. The van der Waals surface area contributed by atoms with E-state index in [-0.39, 0.29) is 5.69 Å². The molecule has 1 N–H and O–H groups in total. The van der Waals surface area contributed by atoms with Crippen LogP contribution in [0.4, 0.5) is 20.4 Å². The lowest BCUT2D eigenvalue weighted by Crippen LogP contribution is -2.06. The molecule has 0 aliphatic heterocycles. The van der Waals surface area contributed by atoms with Crippen molar-refractivity contribution in [2.45, 2.75) is 26.3 Å². The Labute approximate surface area is 118 Å². The van der Waals surface area contributed by atoms with Crippen LogP contribution in [0.3, 0.4) is 0 Å². The molecule has 3 nitrogen and oxygen atoms in total. The Hall–Kier alpha value is -1.43. The number of aryl methyl sites for hydroxylation is 1. The maximum Gasteiger partial charge on any atom is 0.207 e. The predicted octanol–water partition coefficient (Wildman–Crippen LogP) is 4.47. The minimum absolute atomic E-state index is 0.188. The molecule has 102 valence electrons. The Balaban J connectivity index is 2.24. The maximum absolute atomic E-state index is 13.7. The number of unbranched alkanes of at least 4 members (excludes halogenated alkanes) is 1. The van der Waals surface area contributed by atoms with E-state index in [0.29, 0.717) is 10.4 Å². The smallest absolute Gasteiger partial charge is 0.207 e. The molecule has 1 aromatic carbocycles. The van der Waals surface area contributed by atoms with Crippen LogP contribution in [0.15, 0.2) is 29.0 Å². The summed E-state index contributed by atoms with van der Waals surface area (Å²) in [4.78, 5) is 4.08. The molecule has 0 spiro atoms. The summed E-state index contributed by atoms with van der Waals surface area (Å²) >= 11 is 3.05. The largest absolute Gasteiger partial charge is 0.321 e. The average molecular weight is 330 g/mol. The summed E-state index contributed by atoms with van der Waals surface area (Å²) in [6, 6.07) is 2.43. The second kappa shape index (κ2) is 6.14. The zero-order valence-electron chi connectivity index (χ0n) is 10.5. The van der Waals surface area contributed by atoms with Crippen LogP contribution >= 0.6 is 15.9 Å². The van der Waals surface area contributed by atoms with Crippen molar-refractivity contribution in [3.63, 3.8) is 0 Å². The average Bonchev–Trinajstić information content (AvgIpc) is 2.78. The molecule has 2 aromatic rings. The summed E-state index contributed by atoms with van der Waals surface area (Å²) in [5, 5.41) is 2.71. The fraction of sp³-hybridized carbons (Fsp3) is 0.308. The fourth-order valence-corrected chi connectivity index (χ4v) is 2.12. The number of anilines is 2. The minimum atomic E-state index is -0.656. The van der Waals surface area contributed by atoms with E-state index in [1.165, 1.54) is 12.1 Å². The van der Waals surface area contributed by atoms with E-state index in [2.05, 4.69) is 33.2 Å². The van der Waals surface area contributed by atoms with E-state index in [1.54, 1.807) is 12.4 Å². The third kappa shape index (κ3) is 3.32. The Morgan fingerprint density at radius 2 is 2.00 bits per heavy atom. The van der Waals surface area contributed by atoms with Crippen LogP contribution in [0.25, 0.3) is 0 Å². The van der Waals surface area contributed by atoms with Crippen molar-refractivity contribution in [2.75, 3.05) is 5.32 Å². The van der Waals surface area contributed by atoms with Gasteiger partial charge in [-0.2, -0.15) is 0 Å². The van der Waals surface area contributed by atoms with E-state index >= 15 is 0 Å². The number of halogens is 3. The first kappa shape index (κ1) is 14.0. The van der Waals surface area contributed by atoms with Crippen molar-refractivity contribution < 1.29 is 8.78 Å². The van der Waals surface area contributed by atoms with Crippen molar-refractivity contribution in [2.24, 2.45) is 0 Å². The number of nitrogens with zero attached hydrogens (tertiary/aromatic N) is 2. The molecule has 0 saturated carbocycles. The van der Waals surface area contributed by atoms with Gasteiger partial charge in [-0.05, 0) is 18.6 Å². The van der Waals surface area contributed by atoms with Crippen molar-refractivity contribution in [1.82, 2.24) is 9.55 Å². The van der Waals surface area contributed by atoms with E-state index in [0.717, 1.165) is 19.4 Å². The predicted molar refractivity (Wildman–Crippen MR) is 74.5 cm³/mol. The summed E-state index contributed by atoms with van der Waals surface area (Å²) in [5.41, 5.74) is -0.188. The standard InChI is InChI=1S/C13H14BrF2N3/c1-2-3-5-19-6-4-17-13(19)18-12-10(15)7-9(14)8-11(12)16/h4,6-8H,2-3,5H2,1H3,(H,17,18). The highest BCUT2D eigenvalue weighted by Crippen LogP contribution is 2.26. The zero-order valence-corrected chi connectivity index (χ0v) is 12.0. The van der Waals surface area contributed by atoms with Gasteiger partial charge in [0.15, 0.2) is 11.6 Å². The van der Waals surface area contributed by atoms with Crippen LogP contribution < -0.4 is 5.32 Å². The van der Waals surface area contributed by atoms with Gasteiger partial charge in [-0.25, -0.2) is 13.8 Å². The highest BCUT2D eigenvalue weighted by Gasteiger charge is 2.13. The monoisotopic (exact) mass is 329 g/mol. The van der Waals surface area contributed by atoms with Gasteiger partial charge in [0.25, 0.3) is 0 Å². The lowest BCUT2D eigenvalue weighted by Gasteiger charge is -2.11. The third-order valence-electron chi connectivity index (χ3n) is 2.71. The van der Waals surface area contributed by atoms with Crippen LogP contribution in [0.1, 0.15) is 19.8 Å². The van der Waals surface area contributed by atoms with Gasteiger partial charge in [0.05, 0.1) is 0 Å². The van der Waals surface area contributed by atoms with Gasteiger partial charge in [0.2, 0.25) is 5.95 Å². The minimum Gasteiger partial charge on any atom is -0.321 e. The van der Waals surface area contributed by atoms with Gasteiger partial charge in [-0.3, -0.25) is 0 Å². The summed E-state index contributed by atoms with van der Waals surface area (Å²) in [5.74, 6) is -0.873. The summed E-state index contributed by atoms with van der Waals surface area (Å²) in [7, 11) is 0. The second-order valence-corrected chi connectivity index (χ2v) is 5.08. The Morgan fingerprint density at radius 1 is 1.32 bits per heavy atom. The number of aromatic nitrogens is 2. The Kier molecular flexibility index (Phi) is 4.52. The van der Waals surface area contributed by atoms with Crippen LogP contribution in [0, 0.1) is 11.6 Å². The highest BCUT2D eigenvalue weighted by atomic mass is 79.9. The zero-order chi connectivity index (χ0) is 13.8. The van der Waals surface area contributed by atoms with Gasteiger partial charge in [-0.1, -0.05) is 29.3 Å². The number of imidazole rings is 1. The van der Waals surface area contributed by atoms with Crippen molar-refractivity contribution >= 4 is 27.6 Å². The number of nitrogens with one attached hydrogen (secondary N) is 1. The van der Waals surface area contributed by atoms with Crippen LogP contribution in [0.2, 0.25) is 0 Å². The lowest BCUT2D eigenvalue weighted by atomic mass is 10.3. The normalized spacial score (nSPS) is 10.7. The third-order valence-corrected chi connectivity index (χ3v) is 3.17. The van der Waals surface area contributed by atoms with Crippen molar-refractivity contribution in [3.05, 3.63) is 40.6 Å². The van der Waals surface area contributed by atoms with Gasteiger partial charge >= 0.3 is 0 Å². The molecule has 0 radical (unpaired) electrons. The summed E-state index contributed by atoms with van der Waals surface area (Å²) in [6.45, 7) is 2.84. The molecule has 0 bridgehead atoms. The number of benzene rings is 1. The SMILES string of the molecule is CCCCn1ccnc1Nc1c(F)cc(Br)cc1F. The first-order valence-corrected chi connectivity index (χ1v) is 6.83. The molecule has 1 aromatic heterocycles. The molecule has 0 atom stereocenters. The van der Waals surface area contributed by atoms with Crippen molar-refractivity contribution in [1.29, 1.82) is 0 Å². The van der Waals surface area contributed by atoms with Crippen LogP contribution in [-0.4, -0.2) is 9.55 Å². The fourth-order valence-electron chi connectivity index (χ4n) is 1.72. The molecular weight excluding hydrogens is 316 g/mol. The second-order valence-electron chi connectivity index (χ2n) is 4.17. The summed E-state index contributed by atoms with van der Waals surface area (Å²) < 4.78 is 29.6. The maximum atomic E-state index is 13.7. The molecule has 6 heteroatoms. The number of hydrogen-bond acceptors (Lipinski definition) is 2. The van der Waals surface area contributed by atoms with Crippen molar-refractivity contribution in [3.8, 4) is 0 Å². The molecule has 0 aliphatic carbocycles. The molecule has 19 heavy (non-hydrogen) atoms. The molecule has 0 saturated heterocycles. The molecule has 0 amide bonds. The first-order valence-electron chi connectivity index (χ1n) is 6.04. The Bertz CT molecular complexity index is 546. The van der Waals surface area contributed by atoms with Crippen LogP contribution in [-0.2, 0) is 6.54 Å². The summed E-state index contributed by atoms with van der Waals surface area (Å²) in [6.07, 6.45) is 5.41. The molecule has 0 unspecified atom stereocenters. The lowest BCUT2D eigenvalue weighted by molar-refractivity contribution is 0.587. The molecule has 0 aliphatic rings. The number of hydrogen-bond donors (Lipinski definition) is 1. The number of rotatable bonds is 5. The van der Waals surface area contributed by atoms with E-state index in [1.807, 2.05) is 4.57 Å². The Morgan fingerprint density at radius 3 is 2.63 bits per heavy atom. The molecule has 2 rings (SSSR count).